The monoisotopic (exact) mass is 209 g/mol. The molecule has 1 heteroatoms. The molecule has 2 fully saturated rings. The Morgan fingerprint density at radius 3 is 2.07 bits per heavy atom. The zero-order chi connectivity index (χ0) is 10.7. The Morgan fingerprint density at radius 2 is 1.53 bits per heavy atom. The molecule has 1 nitrogen and oxygen atoms in total. The first-order chi connectivity index (χ1) is 7.29. The first kappa shape index (κ1) is 11.4. The van der Waals surface area contributed by atoms with E-state index in [2.05, 4.69) is 18.7 Å². The third-order valence-corrected chi connectivity index (χ3v) is 4.73. The molecule has 1 aliphatic carbocycles. The van der Waals surface area contributed by atoms with Crippen LogP contribution in [0.1, 0.15) is 58.8 Å². The molecule has 0 radical (unpaired) electrons. The Bertz CT molecular complexity index is 174. The van der Waals surface area contributed by atoms with Crippen molar-refractivity contribution in [3.63, 3.8) is 0 Å². The second-order valence-corrected chi connectivity index (χ2v) is 5.80. The Labute approximate surface area is 95.2 Å². The summed E-state index contributed by atoms with van der Waals surface area (Å²) in [6, 6.07) is 0.945. The van der Waals surface area contributed by atoms with Gasteiger partial charge < -0.3 is 4.90 Å². The maximum absolute atomic E-state index is 2.78. The minimum atomic E-state index is 0.945. The molecule has 88 valence electrons. The van der Waals surface area contributed by atoms with Gasteiger partial charge in [0.05, 0.1) is 0 Å². The molecule has 1 saturated carbocycles. The van der Waals surface area contributed by atoms with Crippen molar-refractivity contribution in [2.45, 2.75) is 64.8 Å². The summed E-state index contributed by atoms with van der Waals surface area (Å²) in [4.78, 5) is 2.78. The Hall–Kier alpha value is -0.0400. The van der Waals surface area contributed by atoms with Gasteiger partial charge in [-0.1, -0.05) is 20.3 Å². The summed E-state index contributed by atoms with van der Waals surface area (Å²) in [5, 5.41) is 0. The molecule has 0 spiro atoms. The summed E-state index contributed by atoms with van der Waals surface area (Å²) in [6.07, 6.45) is 10.2. The lowest BCUT2D eigenvalue weighted by Crippen LogP contribution is -2.42. The first-order valence-corrected chi connectivity index (χ1v) is 7.03. The van der Waals surface area contributed by atoms with Crippen LogP contribution in [0.4, 0.5) is 0 Å². The Kier molecular flexibility index (Phi) is 4.07. The van der Waals surface area contributed by atoms with Gasteiger partial charge in [0.2, 0.25) is 0 Å². The second kappa shape index (κ2) is 5.34. The van der Waals surface area contributed by atoms with Crippen molar-refractivity contribution in [3.8, 4) is 0 Å². The van der Waals surface area contributed by atoms with E-state index in [1.807, 2.05) is 0 Å². The lowest BCUT2D eigenvalue weighted by molar-refractivity contribution is 0.0974. The zero-order valence-electron chi connectivity index (χ0n) is 10.5. The lowest BCUT2D eigenvalue weighted by Gasteiger charge is -2.40. The van der Waals surface area contributed by atoms with Gasteiger partial charge in [0.25, 0.3) is 0 Å². The topological polar surface area (TPSA) is 3.24 Å². The first-order valence-electron chi connectivity index (χ1n) is 7.03. The highest BCUT2D eigenvalue weighted by Gasteiger charge is 2.27. The summed E-state index contributed by atoms with van der Waals surface area (Å²) in [6.45, 7) is 7.52. The molecule has 0 aromatic rings. The van der Waals surface area contributed by atoms with E-state index in [9.17, 15) is 0 Å². The van der Waals surface area contributed by atoms with Crippen molar-refractivity contribution in [2.24, 2.45) is 11.8 Å². The van der Waals surface area contributed by atoms with Crippen molar-refractivity contribution in [1.29, 1.82) is 0 Å². The quantitative estimate of drug-likeness (QED) is 0.670. The standard InChI is InChI=1S/C14H27N/c1-3-13-4-6-14(7-5-13)15-10-8-12(2)9-11-15/h12-14H,3-11H2,1-2H3. The second-order valence-electron chi connectivity index (χ2n) is 5.80. The van der Waals surface area contributed by atoms with Crippen LogP contribution in [0.3, 0.4) is 0 Å². The largest absolute Gasteiger partial charge is 0.300 e. The number of rotatable bonds is 2. The molecule has 1 saturated heterocycles. The summed E-state index contributed by atoms with van der Waals surface area (Å²) >= 11 is 0. The molecule has 2 rings (SSSR count). The van der Waals surface area contributed by atoms with Crippen molar-refractivity contribution < 1.29 is 0 Å². The smallest absolute Gasteiger partial charge is 0.00954 e. The summed E-state index contributed by atoms with van der Waals surface area (Å²) in [5.41, 5.74) is 0. The molecule has 2 aliphatic rings. The minimum absolute atomic E-state index is 0.945. The average Bonchev–Trinajstić information content (AvgIpc) is 2.30. The van der Waals surface area contributed by atoms with Crippen LogP contribution in [0.2, 0.25) is 0 Å². The molecule has 0 aromatic heterocycles. The minimum Gasteiger partial charge on any atom is -0.300 e. The van der Waals surface area contributed by atoms with E-state index in [4.69, 9.17) is 0 Å². The number of nitrogens with zero attached hydrogens (tertiary/aromatic N) is 1. The molecule has 15 heavy (non-hydrogen) atoms. The fourth-order valence-corrected chi connectivity index (χ4v) is 3.31. The fourth-order valence-electron chi connectivity index (χ4n) is 3.31. The molecule has 1 heterocycles. The van der Waals surface area contributed by atoms with Crippen LogP contribution in [-0.2, 0) is 0 Å². The molecule has 1 aliphatic heterocycles. The molecule has 0 aromatic carbocycles. The van der Waals surface area contributed by atoms with Gasteiger partial charge in [0.1, 0.15) is 0 Å². The molecule has 0 amide bonds. The molecule has 0 atom stereocenters. The number of likely N-dealkylation sites (tertiary alicyclic amines) is 1. The number of hydrogen-bond donors (Lipinski definition) is 0. The predicted octanol–water partition coefficient (Wildman–Crippen LogP) is 3.69. The number of hydrogen-bond acceptors (Lipinski definition) is 1. The van der Waals surface area contributed by atoms with Gasteiger partial charge in [-0.2, -0.15) is 0 Å². The van der Waals surface area contributed by atoms with Crippen molar-refractivity contribution >= 4 is 0 Å². The highest BCUT2D eigenvalue weighted by molar-refractivity contribution is 4.82. The Morgan fingerprint density at radius 1 is 0.933 bits per heavy atom. The van der Waals surface area contributed by atoms with E-state index < -0.39 is 0 Å². The van der Waals surface area contributed by atoms with Gasteiger partial charge in [-0.15, -0.1) is 0 Å². The van der Waals surface area contributed by atoms with Crippen LogP contribution >= 0.6 is 0 Å². The maximum atomic E-state index is 2.78. The molecule has 0 N–H and O–H groups in total. The maximum Gasteiger partial charge on any atom is 0.00954 e. The van der Waals surface area contributed by atoms with Crippen LogP contribution < -0.4 is 0 Å². The van der Waals surface area contributed by atoms with E-state index in [0.29, 0.717) is 0 Å². The lowest BCUT2D eigenvalue weighted by atomic mass is 9.83. The SMILES string of the molecule is CCC1CCC(N2CCC(C)CC2)CC1. The highest BCUT2D eigenvalue weighted by Crippen LogP contribution is 2.31. The van der Waals surface area contributed by atoms with Gasteiger partial charge in [-0.05, 0) is 63.5 Å². The van der Waals surface area contributed by atoms with E-state index in [1.54, 1.807) is 0 Å². The fraction of sp³-hybridized carbons (Fsp3) is 1.00. The van der Waals surface area contributed by atoms with Gasteiger partial charge in [-0.3, -0.25) is 0 Å². The summed E-state index contributed by atoms with van der Waals surface area (Å²) in [5.74, 6) is 2.03. The van der Waals surface area contributed by atoms with Gasteiger partial charge in [0.15, 0.2) is 0 Å². The van der Waals surface area contributed by atoms with E-state index in [1.165, 1.54) is 58.0 Å². The van der Waals surface area contributed by atoms with Gasteiger partial charge in [-0.25, -0.2) is 0 Å². The zero-order valence-corrected chi connectivity index (χ0v) is 10.5. The highest BCUT2D eigenvalue weighted by atomic mass is 15.2. The van der Waals surface area contributed by atoms with Crippen LogP contribution in [0.5, 0.6) is 0 Å². The van der Waals surface area contributed by atoms with Crippen LogP contribution in [0.15, 0.2) is 0 Å². The number of piperidine rings is 1. The van der Waals surface area contributed by atoms with Crippen molar-refractivity contribution in [3.05, 3.63) is 0 Å². The van der Waals surface area contributed by atoms with Crippen LogP contribution in [0, 0.1) is 11.8 Å². The molecular formula is C14H27N. The molecular weight excluding hydrogens is 182 g/mol. The van der Waals surface area contributed by atoms with E-state index >= 15 is 0 Å². The average molecular weight is 209 g/mol. The molecule has 0 bridgehead atoms. The van der Waals surface area contributed by atoms with Gasteiger partial charge in [0, 0.05) is 6.04 Å². The Balaban J connectivity index is 1.75. The normalized spacial score (nSPS) is 35.6. The molecule has 0 unspecified atom stereocenters. The third kappa shape index (κ3) is 2.96. The summed E-state index contributed by atoms with van der Waals surface area (Å²) < 4.78 is 0. The van der Waals surface area contributed by atoms with Crippen LogP contribution in [-0.4, -0.2) is 24.0 Å². The third-order valence-electron chi connectivity index (χ3n) is 4.73. The van der Waals surface area contributed by atoms with E-state index in [-0.39, 0.29) is 0 Å². The summed E-state index contributed by atoms with van der Waals surface area (Å²) in [7, 11) is 0. The van der Waals surface area contributed by atoms with Crippen molar-refractivity contribution in [1.82, 2.24) is 4.90 Å². The van der Waals surface area contributed by atoms with Crippen molar-refractivity contribution in [2.75, 3.05) is 13.1 Å². The van der Waals surface area contributed by atoms with Gasteiger partial charge >= 0.3 is 0 Å². The van der Waals surface area contributed by atoms with E-state index in [0.717, 1.165) is 17.9 Å². The van der Waals surface area contributed by atoms with Crippen LogP contribution in [0.25, 0.3) is 0 Å². The predicted molar refractivity (Wildman–Crippen MR) is 66.0 cm³/mol.